The minimum atomic E-state index is -0.795. The summed E-state index contributed by atoms with van der Waals surface area (Å²) in [7, 11) is 0. The van der Waals surface area contributed by atoms with Gasteiger partial charge in [0.2, 0.25) is 0 Å². The largest absolute Gasteiger partial charge is 0.488 e. The predicted molar refractivity (Wildman–Crippen MR) is 106 cm³/mol. The molecule has 3 aliphatic rings. The Balaban J connectivity index is 1.54. The molecule has 4 rings (SSSR count). The number of allylic oxidation sites excluding steroid dienone is 1. The third kappa shape index (κ3) is 4.11. The molecule has 0 radical (unpaired) electrons. The number of hydrogen-bond acceptors (Lipinski definition) is 4. The standard InChI is InChI=1S/C22H33N3O3/c1-13(2)7-14-8-15(9-14)20-23-24-21(25(20)17-5-6-17)16(11-19(26)27)10-18-12-22(3,4)28-18/h12-17H,5-11H2,1-4H3,(H,26,27)/t14-,15+,16?. The lowest BCUT2D eigenvalue weighted by molar-refractivity contribution is -0.137. The van der Waals surface area contributed by atoms with Crippen LogP contribution in [0.2, 0.25) is 0 Å². The quantitative estimate of drug-likeness (QED) is 0.659. The molecule has 1 aliphatic heterocycles. The maximum Gasteiger partial charge on any atom is 0.304 e. The highest BCUT2D eigenvalue weighted by Crippen LogP contribution is 2.48. The molecule has 6 nitrogen and oxygen atoms in total. The molecule has 1 N–H and O–H groups in total. The number of rotatable bonds is 9. The highest BCUT2D eigenvalue weighted by molar-refractivity contribution is 5.67. The van der Waals surface area contributed by atoms with Crippen molar-refractivity contribution < 1.29 is 14.6 Å². The van der Waals surface area contributed by atoms with Gasteiger partial charge in [0.15, 0.2) is 0 Å². The van der Waals surface area contributed by atoms with Gasteiger partial charge in [-0.3, -0.25) is 4.79 Å². The van der Waals surface area contributed by atoms with Crippen LogP contribution < -0.4 is 0 Å². The Hall–Kier alpha value is -1.85. The maximum absolute atomic E-state index is 11.5. The summed E-state index contributed by atoms with van der Waals surface area (Å²) in [6, 6.07) is 0.452. The normalized spacial score (nSPS) is 26.8. The van der Waals surface area contributed by atoms with Gasteiger partial charge >= 0.3 is 5.97 Å². The van der Waals surface area contributed by atoms with Crippen molar-refractivity contribution >= 4 is 5.97 Å². The number of nitrogens with zero attached hydrogens (tertiary/aromatic N) is 3. The maximum atomic E-state index is 11.5. The molecule has 28 heavy (non-hydrogen) atoms. The minimum Gasteiger partial charge on any atom is -0.488 e. The Kier molecular flexibility index (Phi) is 5.00. The Morgan fingerprint density at radius 2 is 2.00 bits per heavy atom. The first-order chi connectivity index (χ1) is 13.2. The topological polar surface area (TPSA) is 77.2 Å². The zero-order chi connectivity index (χ0) is 20.1. The zero-order valence-electron chi connectivity index (χ0n) is 17.5. The van der Waals surface area contributed by atoms with Crippen LogP contribution in [0.15, 0.2) is 11.8 Å². The zero-order valence-corrected chi connectivity index (χ0v) is 17.5. The van der Waals surface area contributed by atoms with Gasteiger partial charge in [-0.2, -0.15) is 0 Å². The van der Waals surface area contributed by atoms with Crippen molar-refractivity contribution in [1.29, 1.82) is 0 Å². The molecule has 6 heteroatoms. The van der Waals surface area contributed by atoms with E-state index in [1.165, 1.54) is 19.3 Å². The van der Waals surface area contributed by atoms with Gasteiger partial charge in [0.25, 0.3) is 0 Å². The van der Waals surface area contributed by atoms with Crippen LogP contribution in [0.3, 0.4) is 0 Å². The summed E-state index contributed by atoms with van der Waals surface area (Å²) < 4.78 is 8.12. The summed E-state index contributed by atoms with van der Waals surface area (Å²) >= 11 is 0. The van der Waals surface area contributed by atoms with E-state index in [-0.39, 0.29) is 17.9 Å². The fourth-order valence-corrected chi connectivity index (χ4v) is 4.92. The van der Waals surface area contributed by atoms with Crippen LogP contribution in [0.4, 0.5) is 0 Å². The smallest absolute Gasteiger partial charge is 0.304 e. The fraction of sp³-hybridized carbons (Fsp3) is 0.773. The average molecular weight is 388 g/mol. The number of carbonyl (C=O) groups is 1. The SMILES string of the molecule is CC(C)C[C@H]1C[C@@H](c2nnc(C(CC(=O)O)CC3=CC(C)(C)O3)n2C2CC2)C1. The lowest BCUT2D eigenvalue weighted by Gasteiger charge is -2.36. The van der Waals surface area contributed by atoms with E-state index in [4.69, 9.17) is 4.74 Å². The van der Waals surface area contributed by atoms with E-state index in [2.05, 4.69) is 34.7 Å². The molecule has 0 bridgehead atoms. The first kappa shape index (κ1) is 19.5. The summed E-state index contributed by atoms with van der Waals surface area (Å²) in [4.78, 5) is 11.5. The van der Waals surface area contributed by atoms with Crippen LogP contribution in [0, 0.1) is 11.8 Å². The highest BCUT2D eigenvalue weighted by atomic mass is 16.5. The average Bonchev–Trinajstić information content (AvgIpc) is 3.26. The molecule has 1 unspecified atom stereocenters. The predicted octanol–water partition coefficient (Wildman–Crippen LogP) is 4.79. The van der Waals surface area contributed by atoms with Crippen molar-refractivity contribution in [3.05, 3.63) is 23.5 Å². The van der Waals surface area contributed by atoms with Crippen molar-refractivity contribution in [1.82, 2.24) is 14.8 Å². The second-order valence-electron chi connectivity index (χ2n) is 10.00. The van der Waals surface area contributed by atoms with E-state index in [1.54, 1.807) is 0 Å². The molecule has 2 heterocycles. The van der Waals surface area contributed by atoms with E-state index in [0.29, 0.717) is 18.4 Å². The van der Waals surface area contributed by atoms with Crippen molar-refractivity contribution in [2.24, 2.45) is 11.8 Å². The molecule has 0 spiro atoms. The van der Waals surface area contributed by atoms with Gasteiger partial charge in [-0.05, 0) is 63.9 Å². The number of ether oxygens (including phenoxy) is 1. The van der Waals surface area contributed by atoms with E-state index in [9.17, 15) is 9.90 Å². The Bertz CT molecular complexity index is 770. The molecule has 0 saturated heterocycles. The van der Waals surface area contributed by atoms with Crippen molar-refractivity contribution in [2.45, 2.75) is 96.1 Å². The van der Waals surface area contributed by atoms with Gasteiger partial charge < -0.3 is 14.4 Å². The summed E-state index contributed by atoms with van der Waals surface area (Å²) in [6.07, 6.45) is 8.68. The van der Waals surface area contributed by atoms with Crippen LogP contribution in [0.25, 0.3) is 0 Å². The molecular formula is C22H33N3O3. The number of hydrogen-bond donors (Lipinski definition) is 1. The van der Waals surface area contributed by atoms with E-state index < -0.39 is 5.97 Å². The van der Waals surface area contributed by atoms with E-state index >= 15 is 0 Å². The first-order valence-corrected chi connectivity index (χ1v) is 10.8. The van der Waals surface area contributed by atoms with E-state index in [0.717, 1.165) is 42.1 Å². The van der Waals surface area contributed by atoms with Gasteiger partial charge in [0, 0.05) is 24.3 Å². The van der Waals surface area contributed by atoms with Crippen LogP contribution >= 0.6 is 0 Å². The van der Waals surface area contributed by atoms with Gasteiger partial charge in [0.1, 0.15) is 17.2 Å². The number of aliphatic carboxylic acids is 1. The molecular weight excluding hydrogens is 354 g/mol. The molecule has 1 aromatic rings. The summed E-state index contributed by atoms with van der Waals surface area (Å²) in [5, 5.41) is 18.6. The number of carboxylic acid groups (broad SMARTS) is 1. The Labute approximate surface area is 167 Å². The van der Waals surface area contributed by atoms with Gasteiger partial charge in [-0.1, -0.05) is 13.8 Å². The lowest BCUT2D eigenvalue weighted by atomic mass is 9.71. The Morgan fingerprint density at radius 3 is 2.54 bits per heavy atom. The molecule has 1 aromatic heterocycles. The first-order valence-electron chi connectivity index (χ1n) is 10.8. The molecule has 2 fully saturated rings. The molecule has 1 atom stereocenters. The molecule has 2 aliphatic carbocycles. The number of carboxylic acids is 1. The second kappa shape index (κ2) is 7.20. The summed E-state index contributed by atoms with van der Waals surface area (Å²) in [5.74, 6) is 3.85. The van der Waals surface area contributed by atoms with E-state index in [1.807, 2.05) is 13.8 Å². The third-order valence-corrected chi connectivity index (χ3v) is 6.20. The van der Waals surface area contributed by atoms with Crippen LogP contribution in [0.5, 0.6) is 0 Å². The van der Waals surface area contributed by atoms with Crippen molar-refractivity contribution in [3.63, 3.8) is 0 Å². The van der Waals surface area contributed by atoms with Gasteiger partial charge in [-0.25, -0.2) is 0 Å². The second-order valence-corrected chi connectivity index (χ2v) is 10.00. The molecule has 154 valence electrons. The van der Waals surface area contributed by atoms with Gasteiger partial charge in [-0.15, -0.1) is 10.2 Å². The van der Waals surface area contributed by atoms with Crippen LogP contribution in [-0.4, -0.2) is 31.4 Å². The third-order valence-electron chi connectivity index (χ3n) is 6.20. The van der Waals surface area contributed by atoms with Crippen molar-refractivity contribution in [3.8, 4) is 0 Å². The molecule has 0 amide bonds. The van der Waals surface area contributed by atoms with Gasteiger partial charge in [0.05, 0.1) is 12.2 Å². The Morgan fingerprint density at radius 1 is 1.32 bits per heavy atom. The number of aromatic nitrogens is 3. The van der Waals surface area contributed by atoms with Crippen LogP contribution in [0.1, 0.15) is 102 Å². The molecule has 0 aromatic carbocycles. The fourth-order valence-electron chi connectivity index (χ4n) is 4.92. The molecule has 2 saturated carbocycles. The van der Waals surface area contributed by atoms with Crippen molar-refractivity contribution in [2.75, 3.05) is 0 Å². The van der Waals surface area contributed by atoms with Crippen LogP contribution in [-0.2, 0) is 9.53 Å². The summed E-state index contributed by atoms with van der Waals surface area (Å²) in [5.41, 5.74) is -0.240. The highest BCUT2D eigenvalue weighted by Gasteiger charge is 2.40. The minimum absolute atomic E-state index is 0.0621. The lowest BCUT2D eigenvalue weighted by Crippen LogP contribution is -2.31. The monoisotopic (exact) mass is 387 g/mol. The summed E-state index contributed by atoms with van der Waals surface area (Å²) in [6.45, 7) is 8.59.